The Hall–Kier alpha value is -3.46. The number of nitrogens with one attached hydrogen (secondary N) is 1. The zero-order valence-corrected chi connectivity index (χ0v) is 15.4. The minimum Gasteiger partial charge on any atom is -0.465 e. The van der Waals surface area contributed by atoms with Crippen LogP contribution < -0.4 is 5.32 Å². The summed E-state index contributed by atoms with van der Waals surface area (Å²) in [6.07, 6.45) is 0. The van der Waals surface area contributed by atoms with E-state index in [1.54, 1.807) is 12.1 Å². The van der Waals surface area contributed by atoms with Crippen molar-refractivity contribution in [3.05, 3.63) is 74.3 Å². The smallest absolute Gasteiger partial charge is 0.337 e. The lowest BCUT2D eigenvalue weighted by Crippen LogP contribution is -2.30. The van der Waals surface area contributed by atoms with Gasteiger partial charge < -0.3 is 14.8 Å². The van der Waals surface area contributed by atoms with Gasteiger partial charge in [-0.2, -0.15) is 0 Å². The monoisotopic (exact) mass is 406 g/mol. The van der Waals surface area contributed by atoms with Crippen LogP contribution in [-0.4, -0.2) is 36.4 Å². The molecule has 0 bridgehead atoms. The largest absolute Gasteiger partial charge is 0.465 e. The first kappa shape index (κ1) is 20.8. The quantitative estimate of drug-likeness (QED) is 0.425. The third kappa shape index (κ3) is 5.52. The van der Waals surface area contributed by atoms with Crippen molar-refractivity contribution in [2.24, 2.45) is 0 Å². The molecule has 1 N–H and O–H groups in total. The minimum absolute atomic E-state index is 0.0118. The summed E-state index contributed by atoms with van der Waals surface area (Å²) >= 11 is 5.69. The molecule has 0 radical (unpaired) electrons. The number of carbonyl (C=O) groups is 3. The van der Waals surface area contributed by atoms with Crippen molar-refractivity contribution in [3.63, 3.8) is 0 Å². The molecule has 0 heterocycles. The average Bonchev–Trinajstić information content (AvgIpc) is 2.70. The molecule has 0 spiro atoms. The van der Waals surface area contributed by atoms with Crippen LogP contribution in [0.25, 0.3) is 0 Å². The fourth-order valence-corrected chi connectivity index (χ4v) is 2.30. The lowest BCUT2D eigenvalue weighted by atomic mass is 10.1. The van der Waals surface area contributed by atoms with Gasteiger partial charge in [0.2, 0.25) is 0 Å². The van der Waals surface area contributed by atoms with E-state index in [9.17, 15) is 24.5 Å². The van der Waals surface area contributed by atoms with Crippen LogP contribution in [0.4, 0.5) is 5.69 Å². The third-order valence-corrected chi connectivity index (χ3v) is 3.89. The van der Waals surface area contributed by atoms with E-state index in [0.29, 0.717) is 11.1 Å². The van der Waals surface area contributed by atoms with Gasteiger partial charge in [-0.15, -0.1) is 0 Å². The molecular weight excluding hydrogens is 392 g/mol. The van der Waals surface area contributed by atoms with Crippen molar-refractivity contribution in [2.75, 3.05) is 13.7 Å². The second-order valence-electron chi connectivity index (χ2n) is 5.46. The Labute approximate surface area is 164 Å². The molecule has 0 saturated heterocycles. The summed E-state index contributed by atoms with van der Waals surface area (Å²) in [5.74, 6) is -1.86. The van der Waals surface area contributed by atoms with Crippen molar-refractivity contribution in [2.45, 2.75) is 6.61 Å². The number of ether oxygens (including phenoxy) is 2. The zero-order chi connectivity index (χ0) is 20.7. The highest BCUT2D eigenvalue weighted by Crippen LogP contribution is 2.24. The molecule has 0 aromatic heterocycles. The molecule has 146 valence electrons. The number of hydrogen-bond donors (Lipinski definition) is 1. The zero-order valence-electron chi connectivity index (χ0n) is 14.6. The summed E-state index contributed by atoms with van der Waals surface area (Å²) in [5, 5.41) is 13.1. The van der Waals surface area contributed by atoms with E-state index >= 15 is 0 Å². The fraction of sp³-hybridized carbons (Fsp3) is 0.167. The molecule has 28 heavy (non-hydrogen) atoms. The number of halogens is 1. The molecule has 0 aliphatic heterocycles. The number of nitro groups is 1. The van der Waals surface area contributed by atoms with Crippen LogP contribution in [0.15, 0.2) is 42.5 Å². The number of carbonyl (C=O) groups excluding carboxylic acids is 3. The minimum atomic E-state index is -0.709. The first-order chi connectivity index (χ1) is 13.3. The first-order valence-electron chi connectivity index (χ1n) is 7.87. The van der Waals surface area contributed by atoms with E-state index in [0.717, 1.165) is 6.07 Å². The highest BCUT2D eigenvalue weighted by atomic mass is 35.5. The molecule has 0 atom stereocenters. The molecular formula is C18H15ClN2O7. The van der Waals surface area contributed by atoms with E-state index < -0.39 is 35.0 Å². The Kier molecular flexibility index (Phi) is 7.05. The Morgan fingerprint density at radius 2 is 1.75 bits per heavy atom. The highest BCUT2D eigenvalue weighted by molar-refractivity contribution is 6.32. The van der Waals surface area contributed by atoms with Crippen LogP contribution in [0.3, 0.4) is 0 Å². The second-order valence-corrected chi connectivity index (χ2v) is 5.86. The van der Waals surface area contributed by atoms with Crippen LogP contribution in [-0.2, 0) is 20.9 Å². The summed E-state index contributed by atoms with van der Waals surface area (Å²) in [4.78, 5) is 45.3. The third-order valence-electron chi connectivity index (χ3n) is 3.57. The lowest BCUT2D eigenvalue weighted by Gasteiger charge is -2.07. The van der Waals surface area contributed by atoms with Crippen molar-refractivity contribution >= 4 is 35.1 Å². The standard InChI is InChI=1S/C18H15ClN2O7/c1-27-18(24)12-4-2-11(3-5-12)10-28-16(22)9-20-17(23)13-6-7-14(19)15(8-13)21(25)26/h2-8H,9-10H2,1H3,(H,20,23). The van der Waals surface area contributed by atoms with Crippen LogP contribution in [0.1, 0.15) is 26.3 Å². The Bertz CT molecular complexity index is 913. The van der Waals surface area contributed by atoms with Crippen molar-refractivity contribution in [1.29, 1.82) is 0 Å². The maximum Gasteiger partial charge on any atom is 0.337 e. The first-order valence-corrected chi connectivity index (χ1v) is 8.24. The Balaban J connectivity index is 1.85. The summed E-state index contributed by atoms with van der Waals surface area (Å²) in [6.45, 7) is -0.474. The average molecular weight is 407 g/mol. The van der Waals surface area contributed by atoms with E-state index in [-0.39, 0.29) is 17.2 Å². The van der Waals surface area contributed by atoms with Crippen molar-refractivity contribution in [1.82, 2.24) is 5.32 Å². The van der Waals surface area contributed by atoms with Gasteiger partial charge in [-0.25, -0.2) is 4.79 Å². The Morgan fingerprint density at radius 1 is 1.11 bits per heavy atom. The van der Waals surface area contributed by atoms with Gasteiger partial charge in [0.05, 0.1) is 17.6 Å². The van der Waals surface area contributed by atoms with Crippen LogP contribution >= 0.6 is 11.6 Å². The molecule has 2 aromatic rings. The maximum absolute atomic E-state index is 12.0. The number of amides is 1. The van der Waals surface area contributed by atoms with Gasteiger partial charge in [0.25, 0.3) is 11.6 Å². The molecule has 2 aromatic carbocycles. The number of methoxy groups -OCH3 is 1. The predicted octanol–water partition coefficient (Wildman–Crippen LogP) is 2.51. The SMILES string of the molecule is COC(=O)c1ccc(COC(=O)CNC(=O)c2ccc(Cl)c([N+](=O)[O-])c2)cc1. The summed E-state index contributed by atoms with van der Waals surface area (Å²) in [7, 11) is 1.27. The van der Waals surface area contributed by atoms with Crippen LogP contribution in [0.2, 0.25) is 5.02 Å². The van der Waals surface area contributed by atoms with Gasteiger partial charge in [-0.1, -0.05) is 23.7 Å². The van der Waals surface area contributed by atoms with E-state index in [1.807, 2.05) is 0 Å². The predicted molar refractivity (Wildman–Crippen MR) is 98.0 cm³/mol. The summed E-state index contributed by atoms with van der Waals surface area (Å²) in [6, 6.07) is 9.82. The van der Waals surface area contributed by atoms with Crippen molar-refractivity contribution in [3.8, 4) is 0 Å². The maximum atomic E-state index is 12.0. The Morgan fingerprint density at radius 3 is 2.36 bits per heavy atom. The molecule has 2 rings (SSSR count). The van der Waals surface area contributed by atoms with E-state index in [2.05, 4.69) is 10.1 Å². The fourth-order valence-electron chi connectivity index (χ4n) is 2.12. The van der Waals surface area contributed by atoms with Crippen LogP contribution in [0.5, 0.6) is 0 Å². The summed E-state index contributed by atoms with van der Waals surface area (Å²) in [5.41, 5.74) is 0.581. The van der Waals surface area contributed by atoms with E-state index in [1.165, 1.54) is 31.4 Å². The van der Waals surface area contributed by atoms with Crippen LogP contribution in [0, 0.1) is 10.1 Å². The highest BCUT2D eigenvalue weighted by Gasteiger charge is 2.17. The molecule has 1 amide bonds. The van der Waals surface area contributed by atoms with Gasteiger partial charge in [-0.05, 0) is 29.8 Å². The molecule has 0 aliphatic rings. The van der Waals surface area contributed by atoms with Gasteiger partial charge in [-0.3, -0.25) is 19.7 Å². The molecule has 0 saturated carbocycles. The van der Waals surface area contributed by atoms with Gasteiger partial charge >= 0.3 is 11.9 Å². The van der Waals surface area contributed by atoms with Gasteiger partial charge in [0.15, 0.2) is 0 Å². The van der Waals surface area contributed by atoms with E-state index in [4.69, 9.17) is 16.3 Å². The number of benzene rings is 2. The number of hydrogen-bond acceptors (Lipinski definition) is 7. The normalized spacial score (nSPS) is 10.1. The molecule has 9 nitrogen and oxygen atoms in total. The number of nitrogens with zero attached hydrogens (tertiary/aromatic N) is 1. The van der Waals surface area contributed by atoms with Gasteiger partial charge in [0, 0.05) is 11.6 Å². The molecule has 10 heteroatoms. The van der Waals surface area contributed by atoms with Gasteiger partial charge in [0.1, 0.15) is 18.2 Å². The molecule has 0 fully saturated rings. The molecule has 0 unspecified atom stereocenters. The summed E-state index contributed by atoms with van der Waals surface area (Å²) < 4.78 is 9.61. The number of esters is 2. The second kappa shape index (κ2) is 9.47. The number of rotatable bonds is 7. The number of nitro benzene ring substituents is 1. The topological polar surface area (TPSA) is 125 Å². The van der Waals surface area contributed by atoms with Crippen molar-refractivity contribution < 1.29 is 28.8 Å². The molecule has 0 aliphatic carbocycles. The lowest BCUT2D eigenvalue weighted by molar-refractivity contribution is -0.384.